The lowest BCUT2D eigenvalue weighted by molar-refractivity contribution is 0.00698. The molecule has 1 heterocycles. The van der Waals surface area contributed by atoms with Gasteiger partial charge in [0.1, 0.15) is 5.60 Å². The number of benzene rings is 1. The number of carbonyl (C=O) groups is 2. The van der Waals surface area contributed by atoms with E-state index in [9.17, 15) is 9.59 Å². The Labute approximate surface area is 156 Å². The van der Waals surface area contributed by atoms with Gasteiger partial charge in [0, 0.05) is 10.4 Å². The number of fused-ring (bicyclic) bond motifs is 1. The average Bonchev–Trinajstić information content (AvgIpc) is 3.04. The third kappa shape index (κ3) is 3.78. The van der Waals surface area contributed by atoms with Gasteiger partial charge in [-0.15, -0.1) is 11.3 Å². The van der Waals surface area contributed by atoms with Crippen molar-refractivity contribution in [2.75, 3.05) is 7.11 Å². The molecule has 0 atom stereocenters. The Morgan fingerprint density at radius 3 is 2.19 bits per heavy atom. The lowest BCUT2D eigenvalue weighted by Crippen LogP contribution is -2.23. The van der Waals surface area contributed by atoms with Crippen molar-refractivity contribution in [2.24, 2.45) is 0 Å². The van der Waals surface area contributed by atoms with E-state index in [0.717, 1.165) is 21.6 Å². The molecule has 0 unspecified atom stereocenters. The summed E-state index contributed by atoms with van der Waals surface area (Å²) in [6, 6.07) is 13.0. The second-order valence-corrected chi connectivity index (χ2v) is 7.85. The third-order valence-electron chi connectivity index (χ3n) is 3.80. The lowest BCUT2D eigenvalue weighted by atomic mass is 10.0. The first-order valence-electron chi connectivity index (χ1n) is 8.22. The van der Waals surface area contributed by atoms with Gasteiger partial charge in [-0.1, -0.05) is 12.1 Å². The zero-order valence-electron chi connectivity index (χ0n) is 15.2. The Kier molecular flexibility index (Phi) is 4.83. The summed E-state index contributed by atoms with van der Waals surface area (Å²) in [5, 5.41) is 1.99. The summed E-state index contributed by atoms with van der Waals surface area (Å²) in [5.41, 5.74) is 3.47. The zero-order chi connectivity index (χ0) is 18.9. The van der Waals surface area contributed by atoms with Crippen molar-refractivity contribution in [1.82, 2.24) is 0 Å². The van der Waals surface area contributed by atoms with Crippen molar-refractivity contribution in [1.29, 1.82) is 0 Å². The Morgan fingerprint density at radius 1 is 0.885 bits per heavy atom. The first-order valence-corrected chi connectivity index (χ1v) is 9.10. The van der Waals surface area contributed by atoms with E-state index >= 15 is 0 Å². The molecular weight excluding hydrogens is 348 g/mol. The molecule has 0 spiro atoms. The Bertz CT molecular complexity index is 916. The van der Waals surface area contributed by atoms with Crippen LogP contribution >= 0.6 is 11.3 Å². The van der Waals surface area contributed by atoms with Crippen molar-refractivity contribution >= 4 is 23.3 Å². The largest absolute Gasteiger partial charge is 0.465 e. The maximum absolute atomic E-state index is 12.4. The fraction of sp³-hybridized carbons (Fsp3) is 0.238. The van der Waals surface area contributed by atoms with Gasteiger partial charge in [0.15, 0.2) is 0 Å². The second kappa shape index (κ2) is 6.92. The number of esters is 2. The van der Waals surface area contributed by atoms with E-state index < -0.39 is 5.60 Å². The van der Waals surface area contributed by atoms with Gasteiger partial charge in [-0.25, -0.2) is 9.59 Å². The minimum absolute atomic E-state index is 0.328. The van der Waals surface area contributed by atoms with E-state index in [-0.39, 0.29) is 11.9 Å². The lowest BCUT2D eigenvalue weighted by Gasteiger charge is -2.18. The highest BCUT2D eigenvalue weighted by Gasteiger charge is 2.22. The first-order chi connectivity index (χ1) is 12.3. The fourth-order valence-electron chi connectivity index (χ4n) is 2.65. The summed E-state index contributed by atoms with van der Waals surface area (Å²) in [5.74, 6) is -0.690. The molecule has 0 N–H and O–H groups in total. The molecule has 2 aliphatic rings. The summed E-state index contributed by atoms with van der Waals surface area (Å²) in [7, 11) is 1.36. The minimum atomic E-state index is -0.532. The van der Waals surface area contributed by atoms with Gasteiger partial charge >= 0.3 is 11.9 Å². The van der Waals surface area contributed by atoms with Crippen LogP contribution in [0.25, 0.3) is 21.6 Å². The van der Waals surface area contributed by atoms with E-state index in [0.29, 0.717) is 11.1 Å². The smallest absolute Gasteiger partial charge is 0.338 e. The summed E-state index contributed by atoms with van der Waals surface area (Å²) in [6.45, 7) is 5.55. The maximum atomic E-state index is 12.4. The summed E-state index contributed by atoms with van der Waals surface area (Å²) in [4.78, 5) is 25.0. The number of methoxy groups -OCH3 is 1. The van der Waals surface area contributed by atoms with Crippen molar-refractivity contribution in [3.05, 3.63) is 59.0 Å². The molecule has 134 valence electrons. The van der Waals surface area contributed by atoms with E-state index in [4.69, 9.17) is 9.47 Å². The number of hydrogen-bond acceptors (Lipinski definition) is 5. The molecule has 1 aliphatic heterocycles. The quantitative estimate of drug-likeness (QED) is 0.592. The molecule has 0 radical (unpaired) electrons. The van der Waals surface area contributed by atoms with E-state index in [1.165, 1.54) is 7.11 Å². The molecule has 0 amide bonds. The molecular formula is C21H20O4S. The number of hydrogen-bond donors (Lipinski definition) is 0. The Morgan fingerprint density at radius 2 is 1.58 bits per heavy atom. The molecule has 5 heteroatoms. The Hall–Kier alpha value is -2.66. The predicted molar refractivity (Wildman–Crippen MR) is 103 cm³/mol. The molecule has 0 saturated carbocycles. The topological polar surface area (TPSA) is 52.6 Å². The Balaban J connectivity index is 1.98. The molecule has 3 rings (SSSR count). The summed E-state index contributed by atoms with van der Waals surface area (Å²) < 4.78 is 10.2. The highest BCUT2D eigenvalue weighted by molar-refractivity contribution is 7.13. The van der Waals surface area contributed by atoms with Crippen LogP contribution in [0.5, 0.6) is 0 Å². The fourth-order valence-corrected chi connectivity index (χ4v) is 3.58. The van der Waals surface area contributed by atoms with Crippen LogP contribution < -0.4 is 0 Å². The van der Waals surface area contributed by atoms with Crippen LogP contribution in [0.15, 0.2) is 47.8 Å². The first kappa shape index (κ1) is 18.1. The molecule has 1 aromatic carbocycles. The molecule has 1 aliphatic carbocycles. The van der Waals surface area contributed by atoms with Crippen molar-refractivity contribution in [3.63, 3.8) is 0 Å². The van der Waals surface area contributed by atoms with Crippen molar-refractivity contribution in [3.8, 4) is 21.6 Å². The van der Waals surface area contributed by atoms with E-state index in [1.54, 1.807) is 23.5 Å². The molecule has 0 saturated heterocycles. The van der Waals surface area contributed by atoms with Crippen LogP contribution in [0, 0.1) is 0 Å². The highest BCUT2D eigenvalue weighted by Crippen LogP contribution is 2.39. The van der Waals surface area contributed by atoms with Crippen molar-refractivity contribution in [2.45, 2.75) is 26.4 Å². The van der Waals surface area contributed by atoms with Gasteiger partial charge in [-0.3, -0.25) is 0 Å². The molecule has 4 nitrogen and oxygen atoms in total. The van der Waals surface area contributed by atoms with E-state index in [1.807, 2.05) is 56.5 Å². The van der Waals surface area contributed by atoms with Crippen molar-refractivity contribution < 1.29 is 19.1 Å². The molecule has 26 heavy (non-hydrogen) atoms. The summed E-state index contributed by atoms with van der Waals surface area (Å²) >= 11 is 1.59. The molecule has 0 aromatic heterocycles. The number of ether oxygens (including phenoxy) is 2. The molecule has 0 bridgehead atoms. The highest BCUT2D eigenvalue weighted by atomic mass is 32.1. The van der Waals surface area contributed by atoms with Gasteiger partial charge in [0.25, 0.3) is 0 Å². The molecule has 0 fully saturated rings. The van der Waals surface area contributed by atoms with Crippen LogP contribution in [0.1, 0.15) is 41.5 Å². The van der Waals surface area contributed by atoms with Gasteiger partial charge in [-0.2, -0.15) is 0 Å². The predicted octanol–water partition coefficient (Wildman–Crippen LogP) is 5.26. The normalized spacial score (nSPS) is 11.4. The van der Waals surface area contributed by atoms with Crippen LogP contribution in [-0.2, 0) is 9.47 Å². The molecule has 1 aromatic rings. The van der Waals surface area contributed by atoms with Gasteiger partial charge in [0.05, 0.1) is 18.2 Å². The van der Waals surface area contributed by atoms with Crippen LogP contribution in [0.4, 0.5) is 0 Å². The monoisotopic (exact) mass is 368 g/mol. The number of carbonyl (C=O) groups excluding carboxylic acids is 2. The SMILES string of the molecule is COC(=O)c1ccc(-c2sccc3cc(C(=O)OC(C)(C)C)cc2-3)cc1. The summed E-state index contributed by atoms with van der Waals surface area (Å²) in [6.07, 6.45) is 0. The average molecular weight is 368 g/mol. The van der Waals surface area contributed by atoms with Crippen LogP contribution in [0.2, 0.25) is 0 Å². The van der Waals surface area contributed by atoms with Crippen LogP contribution in [-0.4, -0.2) is 24.6 Å². The van der Waals surface area contributed by atoms with E-state index in [2.05, 4.69) is 0 Å². The van der Waals surface area contributed by atoms with Gasteiger partial charge < -0.3 is 9.47 Å². The third-order valence-corrected chi connectivity index (χ3v) is 4.77. The second-order valence-electron chi connectivity index (χ2n) is 6.93. The van der Waals surface area contributed by atoms with Crippen LogP contribution in [0.3, 0.4) is 0 Å². The van der Waals surface area contributed by atoms with Gasteiger partial charge in [0.2, 0.25) is 0 Å². The van der Waals surface area contributed by atoms with Gasteiger partial charge in [-0.05, 0) is 67.6 Å². The number of rotatable bonds is 3. The maximum Gasteiger partial charge on any atom is 0.338 e. The zero-order valence-corrected chi connectivity index (χ0v) is 16.0. The standard InChI is InChI=1S/C21H20O4S/c1-21(2,3)25-20(23)16-11-15-9-10-26-18(17(15)12-16)13-5-7-14(8-6-13)19(22)24-4/h5-12H,1-4H3. The minimum Gasteiger partial charge on any atom is -0.465 e.